The summed E-state index contributed by atoms with van der Waals surface area (Å²) in [7, 11) is 0. The summed E-state index contributed by atoms with van der Waals surface area (Å²) in [5, 5.41) is 1.89. The van der Waals surface area contributed by atoms with E-state index in [1.54, 1.807) is 0 Å². The minimum Gasteiger partial charge on any atom is -0.379 e. The molecule has 0 radical (unpaired) electrons. The quantitative estimate of drug-likeness (QED) is 0.519. The fourth-order valence-corrected chi connectivity index (χ4v) is 1.76. The number of carbonyl (C=O) groups excluding carboxylic acids is 1. The van der Waals surface area contributed by atoms with E-state index in [0.29, 0.717) is 19.1 Å². The largest absolute Gasteiger partial charge is 0.379 e. The van der Waals surface area contributed by atoms with E-state index in [2.05, 4.69) is 13.8 Å². The van der Waals surface area contributed by atoms with Crippen LogP contribution in [0.5, 0.6) is 0 Å². The van der Waals surface area contributed by atoms with Crippen molar-refractivity contribution in [3.63, 3.8) is 0 Å². The summed E-state index contributed by atoms with van der Waals surface area (Å²) < 4.78 is 10.6. The van der Waals surface area contributed by atoms with Crippen LogP contribution >= 0.6 is 11.3 Å². The Morgan fingerprint density at radius 2 is 2.12 bits per heavy atom. The van der Waals surface area contributed by atoms with Gasteiger partial charge in [-0.05, 0) is 17.4 Å². The first-order valence-electron chi connectivity index (χ1n) is 5.42. The van der Waals surface area contributed by atoms with E-state index in [4.69, 9.17) is 9.47 Å². The molecule has 0 aliphatic carbocycles. The van der Waals surface area contributed by atoms with Crippen LogP contribution in [-0.2, 0) is 9.47 Å². The molecular formula is C12H18O3S. The summed E-state index contributed by atoms with van der Waals surface area (Å²) in [4.78, 5) is 12.2. The molecule has 0 atom stereocenters. The molecule has 0 saturated carbocycles. The summed E-state index contributed by atoms with van der Waals surface area (Å²) in [5.41, 5.74) is 0. The van der Waals surface area contributed by atoms with Crippen molar-refractivity contribution < 1.29 is 14.3 Å². The standard InChI is InChI=1S/C12H18O3S/c1-10(2)8-14-5-6-15-9-11(13)12-4-3-7-16-12/h3-4,7,10H,5-6,8-9H2,1-2H3. The summed E-state index contributed by atoms with van der Waals surface area (Å²) >= 11 is 1.44. The molecule has 0 spiro atoms. The van der Waals surface area contributed by atoms with Gasteiger partial charge in [-0.1, -0.05) is 19.9 Å². The van der Waals surface area contributed by atoms with Gasteiger partial charge < -0.3 is 9.47 Å². The maximum atomic E-state index is 11.5. The maximum Gasteiger partial charge on any atom is 0.198 e. The highest BCUT2D eigenvalue weighted by Crippen LogP contribution is 2.09. The number of hydrogen-bond acceptors (Lipinski definition) is 4. The second-order valence-corrected chi connectivity index (χ2v) is 4.87. The molecule has 0 amide bonds. The van der Waals surface area contributed by atoms with E-state index >= 15 is 0 Å². The van der Waals surface area contributed by atoms with Crippen LogP contribution in [0.2, 0.25) is 0 Å². The molecule has 0 saturated heterocycles. The molecule has 4 heteroatoms. The highest BCUT2D eigenvalue weighted by atomic mass is 32.1. The van der Waals surface area contributed by atoms with E-state index in [1.165, 1.54) is 11.3 Å². The molecule has 0 aliphatic rings. The average molecular weight is 242 g/mol. The lowest BCUT2D eigenvalue weighted by molar-refractivity contribution is 0.0365. The van der Waals surface area contributed by atoms with Crippen LogP contribution in [0.3, 0.4) is 0 Å². The number of thiophene rings is 1. The highest BCUT2D eigenvalue weighted by Gasteiger charge is 2.06. The first-order chi connectivity index (χ1) is 7.70. The van der Waals surface area contributed by atoms with Crippen molar-refractivity contribution >= 4 is 17.1 Å². The van der Waals surface area contributed by atoms with Crippen LogP contribution in [-0.4, -0.2) is 32.2 Å². The Balaban J connectivity index is 2.01. The van der Waals surface area contributed by atoms with E-state index < -0.39 is 0 Å². The molecule has 0 bridgehead atoms. The summed E-state index contributed by atoms with van der Waals surface area (Å²) in [6.45, 7) is 6.11. The third-order valence-corrected chi connectivity index (χ3v) is 2.76. The molecule has 3 nitrogen and oxygen atoms in total. The molecule has 0 unspecified atom stereocenters. The van der Waals surface area contributed by atoms with Gasteiger partial charge in [-0.2, -0.15) is 0 Å². The van der Waals surface area contributed by atoms with E-state index in [9.17, 15) is 4.79 Å². The monoisotopic (exact) mass is 242 g/mol. The van der Waals surface area contributed by atoms with Crippen molar-refractivity contribution in [2.24, 2.45) is 5.92 Å². The lowest BCUT2D eigenvalue weighted by atomic mass is 10.2. The summed E-state index contributed by atoms with van der Waals surface area (Å²) in [6, 6.07) is 3.68. The third kappa shape index (κ3) is 5.39. The highest BCUT2D eigenvalue weighted by molar-refractivity contribution is 7.12. The number of ketones is 1. The fourth-order valence-electron chi connectivity index (χ4n) is 1.11. The van der Waals surface area contributed by atoms with Crippen molar-refractivity contribution in [3.8, 4) is 0 Å². The van der Waals surface area contributed by atoms with Crippen LogP contribution in [0.15, 0.2) is 17.5 Å². The molecule has 1 heterocycles. The average Bonchev–Trinajstić information content (AvgIpc) is 2.75. The summed E-state index contributed by atoms with van der Waals surface area (Å²) in [5.74, 6) is 0.576. The fraction of sp³-hybridized carbons (Fsp3) is 0.583. The van der Waals surface area contributed by atoms with Crippen LogP contribution in [0.25, 0.3) is 0 Å². The topological polar surface area (TPSA) is 35.5 Å². The second-order valence-electron chi connectivity index (χ2n) is 3.92. The number of ether oxygens (including phenoxy) is 2. The van der Waals surface area contributed by atoms with Gasteiger partial charge in [-0.15, -0.1) is 11.3 Å². The van der Waals surface area contributed by atoms with Crippen LogP contribution in [0.1, 0.15) is 23.5 Å². The Morgan fingerprint density at radius 3 is 2.75 bits per heavy atom. The minimum absolute atomic E-state index is 0.0406. The lowest BCUT2D eigenvalue weighted by Crippen LogP contribution is -2.13. The zero-order chi connectivity index (χ0) is 11.8. The molecule has 16 heavy (non-hydrogen) atoms. The Bertz CT molecular complexity index is 293. The zero-order valence-corrected chi connectivity index (χ0v) is 10.6. The Morgan fingerprint density at radius 1 is 1.38 bits per heavy atom. The van der Waals surface area contributed by atoms with Crippen molar-refractivity contribution in [3.05, 3.63) is 22.4 Å². The van der Waals surface area contributed by atoms with Gasteiger partial charge in [0.15, 0.2) is 5.78 Å². The Kier molecular flexibility index (Phi) is 6.30. The third-order valence-electron chi connectivity index (χ3n) is 1.85. The number of rotatable bonds is 8. The van der Waals surface area contributed by atoms with Crippen LogP contribution in [0.4, 0.5) is 0 Å². The van der Waals surface area contributed by atoms with E-state index in [-0.39, 0.29) is 12.4 Å². The smallest absolute Gasteiger partial charge is 0.198 e. The molecule has 1 aromatic rings. The predicted molar refractivity (Wildman–Crippen MR) is 65.1 cm³/mol. The predicted octanol–water partition coefficient (Wildman–Crippen LogP) is 2.62. The molecule has 0 aromatic carbocycles. The van der Waals surface area contributed by atoms with Gasteiger partial charge in [0.25, 0.3) is 0 Å². The molecule has 1 aromatic heterocycles. The van der Waals surface area contributed by atoms with Gasteiger partial charge in [0.1, 0.15) is 6.61 Å². The van der Waals surface area contributed by atoms with Gasteiger partial charge in [0.05, 0.1) is 18.1 Å². The lowest BCUT2D eigenvalue weighted by Gasteiger charge is -2.06. The van der Waals surface area contributed by atoms with Crippen molar-refractivity contribution in [1.82, 2.24) is 0 Å². The minimum atomic E-state index is 0.0406. The molecule has 0 fully saturated rings. The summed E-state index contributed by atoms with van der Waals surface area (Å²) in [6.07, 6.45) is 0. The van der Waals surface area contributed by atoms with Gasteiger partial charge in [0.2, 0.25) is 0 Å². The van der Waals surface area contributed by atoms with Gasteiger partial charge in [-0.3, -0.25) is 4.79 Å². The maximum absolute atomic E-state index is 11.5. The number of Topliss-reactive ketones (excluding diaryl/α,β-unsaturated/α-hetero) is 1. The van der Waals surface area contributed by atoms with Crippen LogP contribution < -0.4 is 0 Å². The second kappa shape index (κ2) is 7.54. The molecule has 0 N–H and O–H groups in total. The Labute approximate surface area is 100 Å². The first kappa shape index (κ1) is 13.4. The SMILES string of the molecule is CC(C)COCCOCC(=O)c1cccs1. The molecule has 90 valence electrons. The normalized spacial score (nSPS) is 10.9. The van der Waals surface area contributed by atoms with Gasteiger partial charge in [-0.25, -0.2) is 0 Å². The van der Waals surface area contributed by atoms with Gasteiger partial charge in [0, 0.05) is 6.61 Å². The van der Waals surface area contributed by atoms with Crippen LogP contribution in [0, 0.1) is 5.92 Å². The number of carbonyl (C=O) groups is 1. The van der Waals surface area contributed by atoms with Crippen molar-refractivity contribution in [1.29, 1.82) is 0 Å². The molecule has 1 rings (SSSR count). The Hall–Kier alpha value is -0.710. The van der Waals surface area contributed by atoms with Crippen molar-refractivity contribution in [2.75, 3.05) is 26.4 Å². The van der Waals surface area contributed by atoms with Gasteiger partial charge >= 0.3 is 0 Å². The zero-order valence-electron chi connectivity index (χ0n) is 9.77. The van der Waals surface area contributed by atoms with Crippen molar-refractivity contribution in [2.45, 2.75) is 13.8 Å². The first-order valence-corrected chi connectivity index (χ1v) is 6.30. The molecular weight excluding hydrogens is 224 g/mol. The number of hydrogen-bond donors (Lipinski definition) is 0. The van der Waals surface area contributed by atoms with E-state index in [0.717, 1.165) is 11.5 Å². The molecule has 0 aliphatic heterocycles. The van der Waals surface area contributed by atoms with E-state index in [1.807, 2.05) is 17.5 Å².